The van der Waals surface area contributed by atoms with Gasteiger partial charge >= 0.3 is 0 Å². The number of carbonyl (C=O) groups excluding carboxylic acids is 5. The molecule has 0 radical (unpaired) electrons. The average molecular weight is 839 g/mol. The number of Topliss-reactive ketones (excluding diaryl/α,β-unsaturated/α-hetero) is 1. The molecule has 16 heteroatoms. The summed E-state index contributed by atoms with van der Waals surface area (Å²) < 4.78 is 1.71. The van der Waals surface area contributed by atoms with E-state index in [0.29, 0.717) is 40.7 Å². The normalized spacial score (nSPS) is 19.2. The molecule has 2 aromatic heterocycles. The summed E-state index contributed by atoms with van der Waals surface area (Å²) in [5, 5.41) is 24.1. The first-order chi connectivity index (χ1) is 28.7. The number of likely N-dealkylation sites (N-methyl/N-ethyl adjacent to an activating group) is 2. The van der Waals surface area contributed by atoms with Gasteiger partial charge in [0.25, 0.3) is 0 Å². The van der Waals surface area contributed by atoms with E-state index in [9.17, 15) is 24.0 Å². The Bertz CT molecular complexity index is 2160. The van der Waals surface area contributed by atoms with Gasteiger partial charge in [0.2, 0.25) is 23.6 Å². The number of hydrogen-bond acceptors (Lipinski definition) is 11. The van der Waals surface area contributed by atoms with E-state index in [1.165, 1.54) is 5.56 Å². The van der Waals surface area contributed by atoms with Crippen LogP contribution in [0.25, 0.3) is 11.3 Å². The minimum atomic E-state index is -0.890. The fourth-order valence-corrected chi connectivity index (χ4v) is 8.69. The minimum Gasteiger partial charge on any atom is -0.347 e. The highest BCUT2D eigenvalue weighted by Gasteiger charge is 2.46. The Morgan fingerprint density at radius 2 is 1.63 bits per heavy atom. The van der Waals surface area contributed by atoms with Crippen LogP contribution in [-0.4, -0.2) is 99.1 Å². The number of aryl methyl sites for hydroxylation is 2. The third-order valence-corrected chi connectivity index (χ3v) is 12.5. The Kier molecular flexibility index (Phi) is 14.3. The van der Waals surface area contributed by atoms with Gasteiger partial charge in [0.15, 0.2) is 10.9 Å². The highest BCUT2D eigenvalue weighted by Crippen LogP contribution is 2.35. The summed E-state index contributed by atoms with van der Waals surface area (Å²) in [6.45, 7) is 9.37. The number of nitrogens with one attached hydrogen (secondary N) is 5. The number of likely N-dealkylation sites (tertiary alicyclic amines) is 1. The first kappa shape index (κ1) is 44.2. The summed E-state index contributed by atoms with van der Waals surface area (Å²) in [7, 11) is 3.39. The second kappa shape index (κ2) is 19.4. The number of carbonyl (C=O) groups is 5. The molecule has 6 rings (SSSR count). The number of aromatic nitrogens is 4. The summed E-state index contributed by atoms with van der Waals surface area (Å²) in [5.41, 5.74) is 3.65. The molecule has 0 unspecified atom stereocenters. The third kappa shape index (κ3) is 10.3. The van der Waals surface area contributed by atoms with Gasteiger partial charge in [0.05, 0.1) is 35.6 Å². The number of anilines is 1. The van der Waals surface area contributed by atoms with Gasteiger partial charge < -0.3 is 31.5 Å². The molecule has 60 heavy (non-hydrogen) atoms. The molecule has 15 nitrogen and oxygen atoms in total. The van der Waals surface area contributed by atoms with Crippen molar-refractivity contribution in [2.45, 2.75) is 116 Å². The largest absolute Gasteiger partial charge is 0.347 e. The molecule has 1 aliphatic carbocycles. The highest BCUT2D eigenvalue weighted by atomic mass is 32.1. The van der Waals surface area contributed by atoms with Crippen LogP contribution >= 0.6 is 11.3 Å². The topological polar surface area (TPSA) is 192 Å². The number of amides is 4. The Morgan fingerprint density at radius 1 is 0.933 bits per heavy atom. The molecular weight excluding hydrogens is 781 g/mol. The van der Waals surface area contributed by atoms with Crippen molar-refractivity contribution in [1.82, 2.24) is 46.1 Å². The van der Waals surface area contributed by atoms with E-state index < -0.39 is 29.6 Å². The van der Waals surface area contributed by atoms with Crippen LogP contribution in [-0.2, 0) is 32.0 Å². The molecule has 4 amide bonds. The predicted octanol–water partition coefficient (Wildman–Crippen LogP) is 4.63. The number of ketones is 1. The first-order valence-electron chi connectivity index (χ1n) is 20.8. The van der Waals surface area contributed by atoms with Gasteiger partial charge in [0, 0.05) is 31.1 Å². The molecule has 320 valence electrons. The second-order valence-corrected chi connectivity index (χ2v) is 17.9. The molecule has 5 N–H and O–H groups in total. The molecule has 3 heterocycles. The van der Waals surface area contributed by atoms with Gasteiger partial charge in [-0.2, -0.15) is 0 Å². The van der Waals surface area contributed by atoms with Crippen molar-refractivity contribution < 1.29 is 24.0 Å². The maximum Gasteiger partial charge on any atom is 0.246 e. The lowest BCUT2D eigenvalue weighted by molar-refractivity contribution is -0.144. The van der Waals surface area contributed by atoms with Crippen LogP contribution < -0.4 is 26.6 Å². The Morgan fingerprint density at radius 3 is 2.35 bits per heavy atom. The Balaban J connectivity index is 1.17. The molecule has 2 aliphatic rings. The van der Waals surface area contributed by atoms with Crippen LogP contribution in [0.3, 0.4) is 0 Å². The van der Waals surface area contributed by atoms with Crippen molar-refractivity contribution in [3.63, 3.8) is 0 Å². The SMILES string of the molecule is CN[C@@H](C)C(=O)Nc1nc(-c2ccccc2)c(C(=O)CCCc2cn([C@H]3C[C@@H](C(=O)N[C@@H]4CCCc5ccccc54)N(C(=O)[C@@H](NC(=O)[C@H](C)NC)C(C)(C)C)C3)nn2)s1. The lowest BCUT2D eigenvalue weighted by Crippen LogP contribution is -2.59. The van der Waals surface area contributed by atoms with Gasteiger partial charge in [-0.05, 0) is 76.6 Å². The Hall–Kier alpha value is -5.32. The average Bonchev–Trinajstić information content (AvgIpc) is 4.01. The maximum atomic E-state index is 14.6. The van der Waals surface area contributed by atoms with Gasteiger partial charge in [-0.1, -0.05) is 91.9 Å². The molecule has 1 saturated heterocycles. The fraction of sp³-hybridized carbons (Fsp3) is 0.500. The van der Waals surface area contributed by atoms with Crippen LogP contribution in [0.4, 0.5) is 5.13 Å². The molecule has 6 atom stereocenters. The zero-order valence-electron chi connectivity index (χ0n) is 35.6. The number of hydrogen-bond donors (Lipinski definition) is 5. The van der Waals surface area contributed by atoms with Gasteiger partial charge in [-0.25, -0.2) is 9.67 Å². The number of rotatable bonds is 16. The van der Waals surface area contributed by atoms with E-state index in [1.807, 2.05) is 69.4 Å². The number of benzene rings is 2. The van der Waals surface area contributed by atoms with Crippen molar-refractivity contribution in [2.75, 3.05) is 26.0 Å². The van der Waals surface area contributed by atoms with E-state index in [1.54, 1.807) is 37.5 Å². The number of thiazole rings is 1. The van der Waals surface area contributed by atoms with E-state index in [0.717, 1.165) is 41.7 Å². The summed E-state index contributed by atoms with van der Waals surface area (Å²) in [6.07, 6.45) is 6.02. The van der Waals surface area contributed by atoms with Crippen LogP contribution in [0.1, 0.15) is 105 Å². The van der Waals surface area contributed by atoms with Crippen molar-refractivity contribution in [2.24, 2.45) is 5.41 Å². The molecule has 1 fully saturated rings. The molecule has 0 saturated carbocycles. The summed E-state index contributed by atoms with van der Waals surface area (Å²) in [5.74, 6) is -1.22. The van der Waals surface area contributed by atoms with E-state index in [-0.39, 0.29) is 54.5 Å². The number of nitrogens with zero attached hydrogens (tertiary/aromatic N) is 5. The molecule has 2 aromatic carbocycles. The van der Waals surface area contributed by atoms with Crippen LogP contribution in [0.5, 0.6) is 0 Å². The zero-order valence-corrected chi connectivity index (χ0v) is 36.4. The van der Waals surface area contributed by atoms with Crippen molar-refractivity contribution in [3.05, 3.63) is 82.5 Å². The lowest BCUT2D eigenvalue weighted by Gasteiger charge is -2.36. The van der Waals surface area contributed by atoms with Crippen molar-refractivity contribution in [3.8, 4) is 11.3 Å². The summed E-state index contributed by atoms with van der Waals surface area (Å²) >= 11 is 1.16. The highest BCUT2D eigenvalue weighted by molar-refractivity contribution is 7.18. The smallest absolute Gasteiger partial charge is 0.246 e. The first-order valence-corrected chi connectivity index (χ1v) is 21.6. The zero-order chi connectivity index (χ0) is 43.1. The summed E-state index contributed by atoms with van der Waals surface area (Å²) in [6, 6.07) is 14.4. The van der Waals surface area contributed by atoms with Gasteiger partial charge in [-0.3, -0.25) is 24.0 Å². The van der Waals surface area contributed by atoms with Crippen LogP contribution in [0.15, 0.2) is 60.8 Å². The van der Waals surface area contributed by atoms with Crippen molar-refractivity contribution >= 4 is 45.9 Å². The summed E-state index contributed by atoms with van der Waals surface area (Å²) in [4.78, 5) is 75.0. The lowest BCUT2D eigenvalue weighted by atomic mass is 9.85. The van der Waals surface area contributed by atoms with E-state index in [4.69, 9.17) is 0 Å². The molecular formula is C44H58N10O5S. The quantitative estimate of drug-likeness (QED) is 0.0995. The van der Waals surface area contributed by atoms with Gasteiger partial charge in [0.1, 0.15) is 17.0 Å². The van der Waals surface area contributed by atoms with Crippen LogP contribution in [0.2, 0.25) is 0 Å². The standard InChI is InChI=1S/C44H58N10O5S/c1-26(45-6)39(56)49-38(44(3,4)5)42(59)53-25-31(23-34(53)41(58)47-33-21-13-18-28-15-11-12-20-32(28)33)54-24-30(51-52-54)19-14-22-35(55)37-36(29-16-9-8-10-17-29)48-43(60-37)50-40(57)27(2)46-7/h8-12,15-17,20,24,26-27,31,33-34,38,45-46H,13-14,18-19,21-23,25H2,1-7H3,(H,47,58)(H,49,56)(H,48,50,57)/t26-,27-,31-,33+,34-,38+/m0/s1. The van der Waals surface area contributed by atoms with Gasteiger partial charge in [-0.15, -0.1) is 5.10 Å². The second-order valence-electron chi connectivity index (χ2n) is 16.9. The molecule has 1 aliphatic heterocycles. The predicted molar refractivity (Wildman–Crippen MR) is 231 cm³/mol. The number of fused-ring (bicyclic) bond motifs is 1. The van der Waals surface area contributed by atoms with E-state index >= 15 is 0 Å². The maximum absolute atomic E-state index is 14.6. The molecule has 0 spiro atoms. The minimum absolute atomic E-state index is 0.0927. The molecule has 0 bridgehead atoms. The van der Waals surface area contributed by atoms with Crippen molar-refractivity contribution in [1.29, 1.82) is 0 Å². The Labute approximate surface area is 355 Å². The van der Waals surface area contributed by atoms with E-state index in [2.05, 4.69) is 54.0 Å². The monoisotopic (exact) mass is 838 g/mol. The molecule has 4 aromatic rings. The fourth-order valence-electron chi connectivity index (χ4n) is 7.73. The third-order valence-electron chi connectivity index (χ3n) is 11.5. The van der Waals surface area contributed by atoms with Crippen LogP contribution in [0, 0.1) is 5.41 Å².